The fraction of sp³-hybridized carbons (Fsp3) is 0.400. The first-order valence-corrected chi connectivity index (χ1v) is 9.41. The summed E-state index contributed by atoms with van der Waals surface area (Å²) in [6, 6.07) is 7.49. The molecule has 0 aliphatic carbocycles. The lowest BCUT2D eigenvalue weighted by atomic mass is 10.1. The summed E-state index contributed by atoms with van der Waals surface area (Å²) in [5.41, 5.74) is 7.35. The third-order valence-corrected chi connectivity index (χ3v) is 5.01. The number of nitrogens with one attached hydrogen (secondary N) is 1. The van der Waals surface area contributed by atoms with Gasteiger partial charge in [-0.25, -0.2) is 8.78 Å². The zero-order valence-corrected chi connectivity index (χ0v) is 16.4. The molecule has 0 saturated carbocycles. The van der Waals surface area contributed by atoms with E-state index in [1.165, 1.54) is 12.3 Å². The molecule has 1 fully saturated rings. The quantitative estimate of drug-likeness (QED) is 0.729. The van der Waals surface area contributed by atoms with Crippen molar-refractivity contribution in [3.63, 3.8) is 0 Å². The summed E-state index contributed by atoms with van der Waals surface area (Å²) in [5, 5.41) is 12.1. The van der Waals surface area contributed by atoms with Gasteiger partial charge in [0.1, 0.15) is 6.04 Å². The number of amides is 2. The van der Waals surface area contributed by atoms with Crippen molar-refractivity contribution in [2.45, 2.75) is 18.4 Å². The Kier molecular flexibility index (Phi) is 6.12. The van der Waals surface area contributed by atoms with E-state index in [1.807, 2.05) is 24.1 Å². The number of likely N-dealkylation sites (N-methyl/N-ethyl adjacent to an activating group) is 1. The molecule has 1 aliphatic heterocycles. The van der Waals surface area contributed by atoms with Gasteiger partial charge >= 0.3 is 0 Å². The highest BCUT2D eigenvalue weighted by Gasteiger charge is 2.47. The molecular formula is C20H22F2N6O2. The third-order valence-electron chi connectivity index (χ3n) is 5.01. The molecule has 0 spiro atoms. The number of aromatic nitrogens is 1. The molecule has 3 rings (SSSR count). The van der Waals surface area contributed by atoms with E-state index in [-0.39, 0.29) is 0 Å². The molecule has 8 nitrogen and oxygen atoms in total. The maximum atomic E-state index is 13.5. The van der Waals surface area contributed by atoms with Crippen LogP contribution in [0.5, 0.6) is 0 Å². The second kappa shape index (κ2) is 8.59. The van der Waals surface area contributed by atoms with Crippen molar-refractivity contribution in [3.8, 4) is 6.07 Å². The van der Waals surface area contributed by atoms with E-state index < -0.39 is 43.3 Å². The van der Waals surface area contributed by atoms with E-state index in [0.717, 1.165) is 10.6 Å². The number of hydrogen-bond acceptors (Lipinski definition) is 6. The molecule has 1 saturated heterocycles. The standard InChI is InChI=1S/C20H22F2N6O2/c1-27(7-5-23)13-2-3-17-16(8-13)15(4-6-25-17)19(30)26-11-18(29)28-12-20(21,22)9-14(28)10-24/h2-4,6,8,14H,5,7,9,11-12,23H2,1H3,(H,26,30)/t14-/m0/s1. The Labute approximate surface area is 172 Å². The van der Waals surface area contributed by atoms with Gasteiger partial charge in [0.15, 0.2) is 0 Å². The molecule has 1 aromatic carbocycles. The van der Waals surface area contributed by atoms with Crippen molar-refractivity contribution < 1.29 is 18.4 Å². The Morgan fingerprint density at radius 1 is 1.43 bits per heavy atom. The number of likely N-dealkylation sites (tertiary alicyclic amines) is 1. The Balaban J connectivity index is 1.76. The van der Waals surface area contributed by atoms with E-state index >= 15 is 0 Å². The van der Waals surface area contributed by atoms with Crippen LogP contribution in [-0.4, -0.2) is 66.9 Å². The number of pyridine rings is 1. The van der Waals surface area contributed by atoms with Crippen molar-refractivity contribution in [2.75, 3.05) is 38.1 Å². The molecule has 1 aliphatic rings. The zero-order chi connectivity index (χ0) is 21.9. The summed E-state index contributed by atoms with van der Waals surface area (Å²) >= 11 is 0. The maximum Gasteiger partial charge on any atom is 0.268 e. The van der Waals surface area contributed by atoms with Gasteiger partial charge in [0.2, 0.25) is 5.91 Å². The van der Waals surface area contributed by atoms with Crippen molar-refractivity contribution in [3.05, 3.63) is 36.0 Å². The fourth-order valence-electron chi connectivity index (χ4n) is 3.44. The summed E-state index contributed by atoms with van der Waals surface area (Å²) in [5.74, 6) is -4.37. The highest BCUT2D eigenvalue weighted by Crippen LogP contribution is 2.31. The molecule has 30 heavy (non-hydrogen) atoms. The molecule has 0 bridgehead atoms. The van der Waals surface area contributed by atoms with Gasteiger partial charge in [0.25, 0.3) is 11.8 Å². The summed E-state index contributed by atoms with van der Waals surface area (Å²) in [7, 11) is 1.88. The van der Waals surface area contributed by atoms with Gasteiger partial charge in [-0.2, -0.15) is 5.26 Å². The lowest BCUT2D eigenvalue weighted by Gasteiger charge is -2.20. The molecule has 1 atom stereocenters. The monoisotopic (exact) mass is 416 g/mol. The van der Waals surface area contributed by atoms with Gasteiger partial charge in [-0.15, -0.1) is 0 Å². The van der Waals surface area contributed by atoms with Crippen LogP contribution in [0.15, 0.2) is 30.5 Å². The predicted molar refractivity (Wildman–Crippen MR) is 107 cm³/mol. The minimum Gasteiger partial charge on any atom is -0.373 e. The first kappa shape index (κ1) is 21.4. The molecule has 0 radical (unpaired) electrons. The van der Waals surface area contributed by atoms with Gasteiger partial charge in [-0.05, 0) is 24.3 Å². The number of carbonyl (C=O) groups is 2. The molecule has 158 valence electrons. The van der Waals surface area contributed by atoms with Crippen LogP contribution in [0.25, 0.3) is 10.9 Å². The van der Waals surface area contributed by atoms with Crippen LogP contribution < -0.4 is 16.0 Å². The molecular weight excluding hydrogens is 394 g/mol. The number of benzene rings is 1. The van der Waals surface area contributed by atoms with Crippen LogP contribution in [0.4, 0.5) is 14.5 Å². The number of anilines is 1. The molecule has 3 N–H and O–H groups in total. The highest BCUT2D eigenvalue weighted by atomic mass is 19.3. The Morgan fingerprint density at radius 3 is 2.90 bits per heavy atom. The average Bonchev–Trinajstić information content (AvgIpc) is 3.05. The van der Waals surface area contributed by atoms with E-state index in [0.29, 0.717) is 29.6 Å². The SMILES string of the molecule is CN(CCN)c1ccc2nccc(C(=O)NCC(=O)N3CC(F)(F)C[C@H]3C#N)c2c1. The lowest BCUT2D eigenvalue weighted by molar-refractivity contribution is -0.131. The number of hydrogen-bond donors (Lipinski definition) is 2. The number of alkyl halides is 2. The third kappa shape index (κ3) is 4.46. The van der Waals surface area contributed by atoms with Crippen LogP contribution in [0.1, 0.15) is 16.8 Å². The number of nitriles is 1. The highest BCUT2D eigenvalue weighted by molar-refractivity contribution is 6.07. The topological polar surface area (TPSA) is 115 Å². The summed E-state index contributed by atoms with van der Waals surface area (Å²) in [4.78, 5) is 32.0. The normalized spacial score (nSPS) is 17.6. The molecule has 1 aromatic heterocycles. The fourth-order valence-corrected chi connectivity index (χ4v) is 3.44. The van der Waals surface area contributed by atoms with Crippen LogP contribution in [0.2, 0.25) is 0 Å². The first-order chi connectivity index (χ1) is 14.3. The van der Waals surface area contributed by atoms with E-state index in [4.69, 9.17) is 11.0 Å². The second-order valence-corrected chi connectivity index (χ2v) is 7.18. The molecule has 10 heteroatoms. The first-order valence-electron chi connectivity index (χ1n) is 9.41. The maximum absolute atomic E-state index is 13.5. The summed E-state index contributed by atoms with van der Waals surface area (Å²) < 4.78 is 27.1. The van der Waals surface area contributed by atoms with E-state index in [1.54, 1.807) is 12.1 Å². The minimum absolute atomic E-state index is 0.305. The Hall–Kier alpha value is -3.32. The molecule has 2 heterocycles. The second-order valence-electron chi connectivity index (χ2n) is 7.18. The average molecular weight is 416 g/mol. The van der Waals surface area contributed by atoms with Crippen LogP contribution in [-0.2, 0) is 4.79 Å². The number of rotatable bonds is 6. The largest absolute Gasteiger partial charge is 0.373 e. The van der Waals surface area contributed by atoms with Gasteiger partial charge in [0.05, 0.1) is 30.2 Å². The zero-order valence-electron chi connectivity index (χ0n) is 16.4. The van der Waals surface area contributed by atoms with Crippen LogP contribution >= 0.6 is 0 Å². The van der Waals surface area contributed by atoms with Crippen LogP contribution in [0, 0.1) is 11.3 Å². The Morgan fingerprint density at radius 2 is 2.20 bits per heavy atom. The summed E-state index contributed by atoms with van der Waals surface area (Å²) in [6.45, 7) is -0.211. The number of fused-ring (bicyclic) bond motifs is 1. The smallest absolute Gasteiger partial charge is 0.268 e. The Bertz CT molecular complexity index is 1010. The number of nitrogens with zero attached hydrogens (tertiary/aromatic N) is 4. The molecule has 2 aromatic rings. The molecule has 0 unspecified atom stereocenters. The number of nitrogens with two attached hydrogens (primary N) is 1. The minimum atomic E-state index is -3.10. The van der Waals surface area contributed by atoms with Crippen molar-refractivity contribution >= 4 is 28.4 Å². The van der Waals surface area contributed by atoms with E-state index in [9.17, 15) is 18.4 Å². The van der Waals surface area contributed by atoms with Crippen LogP contribution in [0.3, 0.4) is 0 Å². The van der Waals surface area contributed by atoms with Gasteiger partial charge in [0, 0.05) is 43.8 Å². The van der Waals surface area contributed by atoms with Crippen molar-refractivity contribution in [1.82, 2.24) is 15.2 Å². The van der Waals surface area contributed by atoms with Crippen molar-refractivity contribution in [1.29, 1.82) is 5.26 Å². The van der Waals surface area contributed by atoms with Gasteiger partial charge < -0.3 is 20.9 Å². The van der Waals surface area contributed by atoms with Gasteiger partial charge in [-0.1, -0.05) is 0 Å². The number of halogens is 2. The predicted octanol–water partition coefficient (Wildman–Crippen LogP) is 1.12. The number of carbonyl (C=O) groups excluding carboxylic acids is 2. The molecule has 2 amide bonds. The van der Waals surface area contributed by atoms with E-state index in [2.05, 4.69) is 10.3 Å². The van der Waals surface area contributed by atoms with Crippen molar-refractivity contribution in [2.24, 2.45) is 5.73 Å². The van der Waals surface area contributed by atoms with Gasteiger partial charge in [-0.3, -0.25) is 14.6 Å². The lowest BCUT2D eigenvalue weighted by Crippen LogP contribution is -2.43. The summed E-state index contributed by atoms with van der Waals surface area (Å²) in [6.07, 6.45) is 0.784.